The number of anilines is 1. The van der Waals surface area contributed by atoms with Crippen LogP contribution in [0.5, 0.6) is 0 Å². The number of likely N-dealkylation sites (tertiary alicyclic amines) is 1. The molecule has 0 amide bonds. The summed E-state index contributed by atoms with van der Waals surface area (Å²) >= 11 is 1.41. The van der Waals surface area contributed by atoms with Crippen LogP contribution in [-0.2, 0) is 10.0 Å². The zero-order valence-corrected chi connectivity index (χ0v) is 13.7. The standard InChI is InChI=1S/C12H19N5O2S2/c1-13-10-11(17-5-6-20-12(17)15-10)21(18,19)14-7-9-3-4-16(2)8-9/h5-6,9,13-14H,3-4,7-8H2,1-2H3. The van der Waals surface area contributed by atoms with Crippen LogP contribution in [0.2, 0.25) is 0 Å². The number of thiazole rings is 1. The van der Waals surface area contributed by atoms with Crippen molar-refractivity contribution in [3.05, 3.63) is 11.6 Å². The molecule has 0 bridgehead atoms. The van der Waals surface area contributed by atoms with Crippen LogP contribution in [0.15, 0.2) is 16.6 Å². The Morgan fingerprint density at radius 2 is 2.33 bits per heavy atom. The maximum absolute atomic E-state index is 12.6. The Balaban J connectivity index is 1.84. The highest BCUT2D eigenvalue weighted by Crippen LogP contribution is 2.25. The minimum absolute atomic E-state index is 0.188. The summed E-state index contributed by atoms with van der Waals surface area (Å²) in [4.78, 5) is 7.18. The Labute approximate surface area is 128 Å². The molecule has 1 aliphatic rings. The van der Waals surface area contributed by atoms with Gasteiger partial charge in [-0.25, -0.2) is 18.1 Å². The fraction of sp³-hybridized carbons (Fsp3) is 0.583. The van der Waals surface area contributed by atoms with Gasteiger partial charge in [-0.2, -0.15) is 0 Å². The fourth-order valence-electron chi connectivity index (χ4n) is 2.67. The van der Waals surface area contributed by atoms with Crippen molar-refractivity contribution in [2.45, 2.75) is 11.4 Å². The fourth-order valence-corrected chi connectivity index (χ4v) is 4.85. The molecule has 1 unspecified atom stereocenters. The van der Waals surface area contributed by atoms with E-state index in [0.29, 0.717) is 23.2 Å². The summed E-state index contributed by atoms with van der Waals surface area (Å²) in [5.74, 6) is 0.756. The molecule has 1 fully saturated rings. The predicted octanol–water partition coefficient (Wildman–Crippen LogP) is 0.667. The molecule has 21 heavy (non-hydrogen) atoms. The summed E-state index contributed by atoms with van der Waals surface area (Å²) < 4.78 is 29.5. The van der Waals surface area contributed by atoms with Crippen molar-refractivity contribution in [2.75, 3.05) is 39.0 Å². The van der Waals surface area contributed by atoms with E-state index in [1.165, 1.54) is 11.3 Å². The number of hydrogen-bond donors (Lipinski definition) is 2. The maximum atomic E-state index is 12.6. The monoisotopic (exact) mass is 329 g/mol. The number of fused-ring (bicyclic) bond motifs is 1. The molecule has 0 radical (unpaired) electrons. The summed E-state index contributed by atoms with van der Waals surface area (Å²) in [6.07, 6.45) is 2.75. The molecule has 1 saturated heterocycles. The van der Waals surface area contributed by atoms with Crippen LogP contribution in [0.3, 0.4) is 0 Å². The van der Waals surface area contributed by atoms with Crippen molar-refractivity contribution in [1.82, 2.24) is 19.0 Å². The minimum Gasteiger partial charge on any atom is -0.371 e. The lowest BCUT2D eigenvalue weighted by atomic mass is 10.1. The highest BCUT2D eigenvalue weighted by molar-refractivity contribution is 7.89. The number of nitrogens with zero attached hydrogens (tertiary/aromatic N) is 3. The summed E-state index contributed by atoms with van der Waals surface area (Å²) in [7, 11) is 0.148. The average Bonchev–Trinajstić information content (AvgIpc) is 3.10. The van der Waals surface area contributed by atoms with E-state index in [-0.39, 0.29) is 5.03 Å². The van der Waals surface area contributed by atoms with E-state index in [1.54, 1.807) is 17.6 Å². The van der Waals surface area contributed by atoms with Gasteiger partial charge < -0.3 is 10.2 Å². The van der Waals surface area contributed by atoms with Gasteiger partial charge in [0.25, 0.3) is 10.0 Å². The lowest BCUT2D eigenvalue weighted by Crippen LogP contribution is -2.31. The Bertz CT molecular complexity index is 736. The third-order valence-electron chi connectivity index (χ3n) is 3.76. The van der Waals surface area contributed by atoms with Gasteiger partial charge in [0.1, 0.15) is 0 Å². The van der Waals surface area contributed by atoms with E-state index in [0.717, 1.165) is 19.5 Å². The van der Waals surface area contributed by atoms with Crippen LogP contribution in [0.25, 0.3) is 4.96 Å². The van der Waals surface area contributed by atoms with Crippen LogP contribution < -0.4 is 10.0 Å². The normalized spacial score (nSPS) is 20.4. The van der Waals surface area contributed by atoms with Gasteiger partial charge in [0, 0.05) is 31.7 Å². The Morgan fingerprint density at radius 1 is 1.52 bits per heavy atom. The molecule has 2 aromatic heterocycles. The second-order valence-corrected chi connectivity index (χ2v) is 7.90. The van der Waals surface area contributed by atoms with E-state index >= 15 is 0 Å². The second kappa shape index (κ2) is 5.56. The van der Waals surface area contributed by atoms with Gasteiger partial charge in [0.2, 0.25) is 0 Å². The number of aromatic nitrogens is 2. The van der Waals surface area contributed by atoms with E-state index < -0.39 is 10.0 Å². The van der Waals surface area contributed by atoms with Crippen molar-refractivity contribution < 1.29 is 8.42 Å². The first-order valence-corrected chi connectivity index (χ1v) is 9.19. The Hall–Kier alpha value is -1.16. The molecule has 3 heterocycles. The first kappa shape index (κ1) is 14.8. The second-order valence-electron chi connectivity index (χ2n) is 5.34. The highest BCUT2D eigenvalue weighted by Gasteiger charge is 2.27. The van der Waals surface area contributed by atoms with Crippen LogP contribution in [0, 0.1) is 5.92 Å². The van der Waals surface area contributed by atoms with Gasteiger partial charge in [0.05, 0.1) is 0 Å². The maximum Gasteiger partial charge on any atom is 0.260 e. The van der Waals surface area contributed by atoms with Crippen molar-refractivity contribution in [3.63, 3.8) is 0 Å². The molecule has 0 spiro atoms. The molecule has 7 nitrogen and oxygen atoms in total. The lowest BCUT2D eigenvalue weighted by molar-refractivity contribution is 0.394. The summed E-state index contributed by atoms with van der Waals surface area (Å²) in [6.45, 7) is 2.42. The van der Waals surface area contributed by atoms with Crippen LogP contribution in [0.4, 0.5) is 5.82 Å². The molecule has 0 aliphatic carbocycles. The van der Waals surface area contributed by atoms with Crippen molar-refractivity contribution >= 4 is 32.1 Å². The first-order chi connectivity index (χ1) is 10.0. The minimum atomic E-state index is -3.59. The van der Waals surface area contributed by atoms with E-state index in [2.05, 4.69) is 27.0 Å². The molecule has 9 heteroatoms. The van der Waals surface area contributed by atoms with E-state index in [1.807, 2.05) is 5.38 Å². The number of sulfonamides is 1. The zero-order valence-electron chi connectivity index (χ0n) is 12.0. The summed E-state index contributed by atoms with van der Waals surface area (Å²) in [5.41, 5.74) is 0. The molecule has 1 atom stereocenters. The zero-order chi connectivity index (χ0) is 15.0. The largest absolute Gasteiger partial charge is 0.371 e. The van der Waals surface area contributed by atoms with Gasteiger partial charge in [-0.1, -0.05) is 0 Å². The third-order valence-corrected chi connectivity index (χ3v) is 5.96. The van der Waals surface area contributed by atoms with Crippen molar-refractivity contribution in [3.8, 4) is 0 Å². The molecular formula is C12H19N5O2S2. The van der Waals surface area contributed by atoms with Crippen LogP contribution in [-0.4, -0.2) is 56.4 Å². The number of nitrogens with one attached hydrogen (secondary N) is 2. The van der Waals surface area contributed by atoms with Crippen molar-refractivity contribution in [1.29, 1.82) is 0 Å². The highest BCUT2D eigenvalue weighted by atomic mass is 32.2. The van der Waals surface area contributed by atoms with E-state index in [9.17, 15) is 8.42 Å². The molecule has 3 rings (SSSR count). The first-order valence-electron chi connectivity index (χ1n) is 6.83. The summed E-state index contributed by atoms with van der Waals surface area (Å²) in [6, 6.07) is 0. The third kappa shape index (κ3) is 2.78. The van der Waals surface area contributed by atoms with Crippen molar-refractivity contribution in [2.24, 2.45) is 5.92 Å². The topological polar surface area (TPSA) is 78.7 Å². The van der Waals surface area contributed by atoms with Gasteiger partial charge in [0.15, 0.2) is 15.8 Å². The molecular weight excluding hydrogens is 310 g/mol. The predicted molar refractivity (Wildman–Crippen MR) is 83.4 cm³/mol. The van der Waals surface area contributed by atoms with Crippen LogP contribution >= 0.6 is 11.3 Å². The Kier molecular flexibility index (Phi) is 3.91. The van der Waals surface area contributed by atoms with Gasteiger partial charge in [-0.05, 0) is 25.9 Å². The molecule has 0 aromatic carbocycles. The smallest absolute Gasteiger partial charge is 0.260 e. The summed E-state index contributed by atoms with van der Waals surface area (Å²) in [5, 5.41) is 4.87. The molecule has 1 aliphatic heterocycles. The van der Waals surface area contributed by atoms with Crippen LogP contribution in [0.1, 0.15) is 6.42 Å². The number of imidazole rings is 1. The average molecular weight is 329 g/mol. The quantitative estimate of drug-likeness (QED) is 0.843. The van der Waals surface area contributed by atoms with Gasteiger partial charge in [-0.15, -0.1) is 11.3 Å². The molecule has 116 valence electrons. The number of rotatable bonds is 5. The lowest BCUT2D eigenvalue weighted by Gasteiger charge is -2.12. The molecule has 2 aromatic rings. The Morgan fingerprint density at radius 3 is 3.00 bits per heavy atom. The van der Waals surface area contributed by atoms with Gasteiger partial charge >= 0.3 is 0 Å². The molecule has 0 saturated carbocycles. The van der Waals surface area contributed by atoms with Gasteiger partial charge in [-0.3, -0.25) is 4.40 Å². The van der Waals surface area contributed by atoms with E-state index in [4.69, 9.17) is 0 Å². The molecule has 2 N–H and O–H groups in total. The SMILES string of the molecule is CNc1nc2sccn2c1S(=O)(=O)NCC1CCN(C)C1. The number of hydrogen-bond acceptors (Lipinski definition) is 6.